The number of rotatable bonds is 8. The smallest absolute Gasteiger partial charge is 0.247 e. The number of thiophene rings is 1. The Balaban J connectivity index is 3.04. The van der Waals surface area contributed by atoms with E-state index in [1.54, 1.807) is 13.8 Å². The number of sulfonamides is 1. The molecule has 2 unspecified atom stereocenters. The first-order chi connectivity index (χ1) is 9.96. The number of nitrogens with two attached hydrogens (primary N) is 1. The summed E-state index contributed by atoms with van der Waals surface area (Å²) in [6.45, 7) is 3.12. The molecule has 11 heteroatoms. The molecule has 0 aliphatic heterocycles. The zero-order chi connectivity index (χ0) is 17.1. The Morgan fingerprint density at radius 2 is 1.82 bits per heavy atom. The highest BCUT2D eigenvalue weighted by molar-refractivity contribution is 7.92. The van der Waals surface area contributed by atoms with E-state index in [1.807, 2.05) is 0 Å². The first-order valence-corrected chi connectivity index (χ1v) is 10.3. The summed E-state index contributed by atoms with van der Waals surface area (Å²) < 4.78 is 61.5. The molecule has 0 bridgehead atoms. The summed E-state index contributed by atoms with van der Waals surface area (Å²) in [5, 5.41) is 5.05. The average molecular weight is 373 g/mol. The molecule has 2 atom stereocenters. The maximum absolute atomic E-state index is 11.8. The fraction of sp³-hybridized carbons (Fsp3) is 0.636. The molecule has 0 aliphatic rings. The minimum atomic E-state index is -3.99. The Kier molecular flexibility index (Phi) is 6.50. The average Bonchev–Trinajstić information content (AvgIpc) is 2.83. The van der Waals surface area contributed by atoms with Crippen LogP contribution in [0, 0.1) is 0 Å². The normalized spacial score (nSPS) is 15.7. The van der Waals surface area contributed by atoms with Gasteiger partial charge in [-0.05, 0) is 19.9 Å². The van der Waals surface area contributed by atoms with Crippen molar-refractivity contribution in [3.05, 3.63) is 10.9 Å². The lowest BCUT2D eigenvalue weighted by Crippen LogP contribution is -2.14. The van der Waals surface area contributed by atoms with Gasteiger partial charge in [-0.15, -0.1) is 11.3 Å². The highest BCUT2D eigenvalue weighted by Gasteiger charge is 2.26. The van der Waals surface area contributed by atoms with Gasteiger partial charge in [-0.3, -0.25) is 0 Å². The number of hydrogen-bond donors (Lipinski definition) is 1. The van der Waals surface area contributed by atoms with Gasteiger partial charge in [0, 0.05) is 13.4 Å². The van der Waals surface area contributed by atoms with Gasteiger partial charge < -0.3 is 14.2 Å². The van der Waals surface area contributed by atoms with E-state index in [0.717, 1.165) is 23.7 Å². The van der Waals surface area contributed by atoms with Crippen LogP contribution in [0.2, 0.25) is 0 Å². The predicted octanol–water partition coefficient (Wildman–Crippen LogP) is 0.843. The Hall–Kier alpha value is -0.560. The van der Waals surface area contributed by atoms with Crippen molar-refractivity contribution in [3.63, 3.8) is 0 Å². The van der Waals surface area contributed by atoms with Gasteiger partial charge in [-0.25, -0.2) is 22.0 Å². The molecule has 2 N–H and O–H groups in total. The molecular weight excluding hydrogens is 354 g/mol. The minimum absolute atomic E-state index is 0.117. The number of primary sulfonamides is 1. The van der Waals surface area contributed by atoms with Crippen molar-refractivity contribution >= 4 is 31.2 Å². The first-order valence-electron chi connectivity index (χ1n) is 6.09. The molecule has 1 heterocycles. The molecule has 0 fully saturated rings. The highest BCUT2D eigenvalue weighted by Crippen LogP contribution is 2.35. The standard InChI is InChI=1S/C11H19NO7S3/c1-7(18-6-19-8(2)17-3)11-9(21(4,13)14)5-10(20-11)22(12,15)16/h5,7-8H,6H2,1-4H3,(H2,12,15,16). The SMILES string of the molecule is COC(C)OCOC(C)c1sc(S(N)(=O)=O)cc1S(C)(=O)=O. The van der Waals surface area contributed by atoms with Gasteiger partial charge in [0.15, 0.2) is 22.9 Å². The molecule has 0 aromatic carbocycles. The number of ether oxygens (including phenoxy) is 3. The van der Waals surface area contributed by atoms with Gasteiger partial charge in [0.1, 0.15) is 4.21 Å². The Labute approximate surface area is 134 Å². The van der Waals surface area contributed by atoms with Crippen LogP contribution >= 0.6 is 11.3 Å². The monoisotopic (exact) mass is 373 g/mol. The van der Waals surface area contributed by atoms with Crippen LogP contribution in [0.25, 0.3) is 0 Å². The minimum Gasteiger partial charge on any atom is -0.356 e. The van der Waals surface area contributed by atoms with Crippen molar-refractivity contribution in [2.75, 3.05) is 20.2 Å². The number of hydrogen-bond acceptors (Lipinski definition) is 8. The molecular formula is C11H19NO7S3. The Morgan fingerprint density at radius 1 is 1.23 bits per heavy atom. The molecule has 1 aromatic rings. The summed E-state index contributed by atoms with van der Waals surface area (Å²) in [7, 11) is -6.14. The van der Waals surface area contributed by atoms with Gasteiger partial charge in [0.25, 0.3) is 0 Å². The quantitative estimate of drug-likeness (QED) is 0.670. The lowest BCUT2D eigenvalue weighted by atomic mass is 10.3. The van der Waals surface area contributed by atoms with Crippen molar-refractivity contribution in [2.45, 2.75) is 35.3 Å². The summed E-state index contributed by atoms with van der Waals surface area (Å²) in [6, 6.07) is 1.04. The van der Waals surface area contributed by atoms with Gasteiger partial charge in [0.2, 0.25) is 10.0 Å². The molecule has 22 heavy (non-hydrogen) atoms. The van der Waals surface area contributed by atoms with Gasteiger partial charge in [0.05, 0.1) is 15.9 Å². The second kappa shape index (κ2) is 7.34. The molecule has 0 amide bonds. The van der Waals surface area contributed by atoms with Crippen molar-refractivity contribution in [1.82, 2.24) is 0 Å². The van der Waals surface area contributed by atoms with Crippen molar-refractivity contribution in [1.29, 1.82) is 0 Å². The lowest BCUT2D eigenvalue weighted by Gasteiger charge is -2.15. The second-order valence-electron chi connectivity index (χ2n) is 4.51. The lowest BCUT2D eigenvalue weighted by molar-refractivity contribution is -0.186. The number of methoxy groups -OCH3 is 1. The van der Waals surface area contributed by atoms with Crippen LogP contribution in [-0.4, -0.2) is 43.3 Å². The zero-order valence-electron chi connectivity index (χ0n) is 12.6. The summed E-state index contributed by atoms with van der Waals surface area (Å²) in [5.41, 5.74) is 0. The molecule has 0 saturated heterocycles. The van der Waals surface area contributed by atoms with Gasteiger partial charge >= 0.3 is 0 Å². The third-order valence-electron chi connectivity index (χ3n) is 2.70. The van der Waals surface area contributed by atoms with Crippen LogP contribution in [0.3, 0.4) is 0 Å². The second-order valence-corrected chi connectivity index (χ2v) is 9.36. The third kappa shape index (κ3) is 5.26. The van der Waals surface area contributed by atoms with Crippen LogP contribution in [0.4, 0.5) is 0 Å². The summed E-state index contributed by atoms with van der Waals surface area (Å²) in [4.78, 5) is 0.133. The van der Waals surface area contributed by atoms with E-state index in [0.29, 0.717) is 0 Å². The molecule has 0 saturated carbocycles. The first kappa shape index (κ1) is 19.5. The van der Waals surface area contributed by atoms with E-state index in [4.69, 9.17) is 19.3 Å². The molecule has 0 radical (unpaired) electrons. The molecule has 8 nitrogen and oxygen atoms in total. The Bertz CT molecular complexity index is 708. The molecule has 0 spiro atoms. The highest BCUT2D eigenvalue weighted by atomic mass is 32.2. The van der Waals surface area contributed by atoms with E-state index in [2.05, 4.69) is 0 Å². The maximum Gasteiger partial charge on any atom is 0.247 e. The zero-order valence-corrected chi connectivity index (χ0v) is 15.0. The van der Waals surface area contributed by atoms with E-state index in [9.17, 15) is 16.8 Å². The van der Waals surface area contributed by atoms with Crippen LogP contribution < -0.4 is 5.14 Å². The molecule has 1 rings (SSSR count). The largest absolute Gasteiger partial charge is 0.356 e. The fourth-order valence-electron chi connectivity index (χ4n) is 1.46. The predicted molar refractivity (Wildman–Crippen MR) is 80.7 cm³/mol. The van der Waals surface area contributed by atoms with Crippen LogP contribution in [0.1, 0.15) is 24.8 Å². The van der Waals surface area contributed by atoms with Crippen molar-refractivity contribution in [2.24, 2.45) is 5.14 Å². The van der Waals surface area contributed by atoms with E-state index in [1.165, 1.54) is 7.11 Å². The molecule has 128 valence electrons. The summed E-state index contributed by atoms with van der Waals surface area (Å²) in [5.74, 6) is 0. The van der Waals surface area contributed by atoms with Crippen LogP contribution in [0.5, 0.6) is 0 Å². The van der Waals surface area contributed by atoms with E-state index in [-0.39, 0.29) is 20.8 Å². The molecule has 0 aliphatic carbocycles. The van der Waals surface area contributed by atoms with Gasteiger partial charge in [-0.2, -0.15) is 0 Å². The van der Waals surface area contributed by atoms with E-state index < -0.39 is 32.3 Å². The summed E-state index contributed by atoms with van der Waals surface area (Å²) in [6.07, 6.45) is -0.180. The van der Waals surface area contributed by atoms with Crippen molar-refractivity contribution in [3.8, 4) is 0 Å². The van der Waals surface area contributed by atoms with Crippen molar-refractivity contribution < 1.29 is 31.0 Å². The third-order valence-corrected chi connectivity index (χ3v) is 6.69. The van der Waals surface area contributed by atoms with Crippen LogP contribution in [-0.2, 0) is 34.1 Å². The topological polar surface area (TPSA) is 122 Å². The van der Waals surface area contributed by atoms with Gasteiger partial charge in [-0.1, -0.05) is 0 Å². The number of sulfone groups is 1. The molecule has 1 aromatic heterocycles. The maximum atomic E-state index is 11.8. The Morgan fingerprint density at radius 3 is 2.27 bits per heavy atom. The summed E-state index contributed by atoms with van der Waals surface area (Å²) >= 11 is 0.762. The van der Waals surface area contributed by atoms with Crippen LogP contribution in [0.15, 0.2) is 15.2 Å². The fourth-order valence-corrected chi connectivity index (χ4v) is 4.86. The van der Waals surface area contributed by atoms with E-state index >= 15 is 0 Å².